The first-order valence-corrected chi connectivity index (χ1v) is 17.8. The summed E-state index contributed by atoms with van der Waals surface area (Å²) in [5.41, 5.74) is 4.43. The number of amides is 3. The smallest absolute Gasteiger partial charge is 0.410 e. The Kier molecular flexibility index (Phi) is 11.3. The molecule has 0 spiro atoms. The number of carbonyl (C=O) groups excluding carboxylic acids is 3. The topological polar surface area (TPSA) is 132 Å². The van der Waals surface area contributed by atoms with Crippen LogP contribution in [0.2, 0.25) is 0 Å². The lowest BCUT2D eigenvalue weighted by atomic mass is 9.98. The molecule has 0 radical (unpaired) electrons. The van der Waals surface area contributed by atoms with Crippen molar-refractivity contribution in [3.05, 3.63) is 90.0 Å². The predicted octanol–water partition coefficient (Wildman–Crippen LogP) is 4.61. The standard InChI is InChI=1S/C38H41N7O5S/c1-5-22-49-26(3)34(36(47)44-21-13-14-27(44)23-45-37(40-41-42-45)51-28-15-7-6-8-16-28)39-35(46)25(2)43(4)38(48)50-24-33-31-19-11-9-17-29(31)30-18-10-12-20-32(30)33/h1,6-12,15-20,25-27,33-34H,13-14,21-24H2,2-4H3,(H,39,46)/t25-,26+,27-,34?/m0/s1. The fraction of sp³-hybridized carbons (Fsp3) is 0.368. The van der Waals surface area contributed by atoms with Gasteiger partial charge in [-0.15, -0.1) is 11.5 Å². The van der Waals surface area contributed by atoms with Gasteiger partial charge in [0.25, 0.3) is 0 Å². The average Bonchev–Trinajstić information content (AvgIpc) is 3.89. The van der Waals surface area contributed by atoms with Crippen LogP contribution in [0.25, 0.3) is 11.1 Å². The second-order valence-electron chi connectivity index (χ2n) is 12.7. The molecule has 1 saturated heterocycles. The van der Waals surface area contributed by atoms with Gasteiger partial charge in [-0.25, -0.2) is 9.48 Å². The van der Waals surface area contributed by atoms with Crippen molar-refractivity contribution in [2.45, 2.75) is 73.4 Å². The summed E-state index contributed by atoms with van der Waals surface area (Å²) in [6, 6.07) is 23.7. The van der Waals surface area contributed by atoms with Crippen molar-refractivity contribution >= 4 is 29.7 Å². The third-order valence-electron chi connectivity index (χ3n) is 9.54. The van der Waals surface area contributed by atoms with E-state index in [0.29, 0.717) is 18.2 Å². The van der Waals surface area contributed by atoms with Crippen LogP contribution in [-0.4, -0.2) is 99.0 Å². The number of tetrazole rings is 1. The lowest BCUT2D eigenvalue weighted by molar-refractivity contribution is -0.142. The Morgan fingerprint density at radius 2 is 1.69 bits per heavy atom. The van der Waals surface area contributed by atoms with E-state index in [9.17, 15) is 14.4 Å². The van der Waals surface area contributed by atoms with E-state index in [1.54, 1.807) is 23.4 Å². The highest BCUT2D eigenvalue weighted by molar-refractivity contribution is 7.99. The highest BCUT2D eigenvalue weighted by Gasteiger charge is 2.39. The van der Waals surface area contributed by atoms with Gasteiger partial charge in [-0.05, 0) is 83.3 Å². The number of ether oxygens (including phenoxy) is 2. The molecular weight excluding hydrogens is 667 g/mol. The summed E-state index contributed by atoms with van der Waals surface area (Å²) < 4.78 is 13.2. The van der Waals surface area contributed by atoms with E-state index in [2.05, 4.69) is 38.9 Å². The molecule has 3 aromatic carbocycles. The number of fused-ring (bicyclic) bond motifs is 3. The Hall–Kier alpha value is -5.19. The number of nitrogens with one attached hydrogen (secondary N) is 1. The summed E-state index contributed by atoms with van der Waals surface area (Å²) in [6.45, 7) is 4.25. The normalized spacial score (nSPS) is 16.7. The molecule has 0 bridgehead atoms. The van der Waals surface area contributed by atoms with Crippen molar-refractivity contribution in [1.82, 2.24) is 35.3 Å². The van der Waals surface area contributed by atoms with Crippen LogP contribution in [0.1, 0.15) is 43.7 Å². The van der Waals surface area contributed by atoms with E-state index in [0.717, 1.165) is 40.0 Å². The predicted molar refractivity (Wildman–Crippen MR) is 192 cm³/mol. The van der Waals surface area contributed by atoms with E-state index in [1.807, 2.05) is 66.7 Å². The van der Waals surface area contributed by atoms with Gasteiger partial charge in [0.2, 0.25) is 17.0 Å². The van der Waals surface area contributed by atoms with Crippen LogP contribution in [0, 0.1) is 12.3 Å². The van der Waals surface area contributed by atoms with Crippen LogP contribution in [0.5, 0.6) is 0 Å². The van der Waals surface area contributed by atoms with Gasteiger partial charge in [-0.2, -0.15) is 0 Å². The van der Waals surface area contributed by atoms with Crippen molar-refractivity contribution in [2.75, 3.05) is 26.8 Å². The summed E-state index contributed by atoms with van der Waals surface area (Å²) in [5.74, 6) is 1.47. The molecule has 1 N–H and O–H groups in total. The number of likely N-dealkylation sites (tertiary alicyclic amines) is 1. The number of nitrogens with zero attached hydrogens (tertiary/aromatic N) is 6. The van der Waals surface area contributed by atoms with Gasteiger partial charge in [0.15, 0.2) is 0 Å². The van der Waals surface area contributed by atoms with Crippen LogP contribution >= 0.6 is 11.8 Å². The molecule has 4 aromatic rings. The van der Waals surface area contributed by atoms with Crippen LogP contribution in [0.15, 0.2) is 88.9 Å². The maximum Gasteiger partial charge on any atom is 0.410 e. The zero-order valence-electron chi connectivity index (χ0n) is 28.8. The molecule has 1 fully saturated rings. The maximum atomic E-state index is 14.2. The molecule has 4 atom stereocenters. The van der Waals surface area contributed by atoms with Crippen molar-refractivity contribution in [3.63, 3.8) is 0 Å². The van der Waals surface area contributed by atoms with Crippen molar-refractivity contribution < 1.29 is 23.9 Å². The number of aromatic nitrogens is 4. The number of hydrogen-bond donors (Lipinski definition) is 1. The molecule has 1 aromatic heterocycles. The van der Waals surface area contributed by atoms with E-state index >= 15 is 0 Å². The fourth-order valence-electron chi connectivity index (χ4n) is 6.63. The van der Waals surface area contributed by atoms with E-state index in [4.69, 9.17) is 15.9 Å². The minimum absolute atomic E-state index is 0.0376. The fourth-order valence-corrected chi connectivity index (χ4v) is 7.43. The minimum Gasteiger partial charge on any atom is -0.448 e. The number of likely N-dealkylation sites (N-methyl/N-ethyl adjacent to an activating group) is 1. The zero-order chi connectivity index (χ0) is 35.9. The quantitative estimate of drug-likeness (QED) is 0.198. The molecule has 0 saturated carbocycles. The van der Waals surface area contributed by atoms with Crippen LogP contribution in [-0.2, 0) is 25.6 Å². The Bertz CT molecular complexity index is 1850. The van der Waals surface area contributed by atoms with Crippen molar-refractivity contribution in [3.8, 4) is 23.5 Å². The van der Waals surface area contributed by atoms with Gasteiger partial charge >= 0.3 is 6.09 Å². The Labute approximate surface area is 301 Å². The molecule has 264 valence electrons. The molecule has 1 unspecified atom stereocenters. The van der Waals surface area contributed by atoms with Crippen LogP contribution in [0.3, 0.4) is 0 Å². The molecule has 2 heterocycles. The monoisotopic (exact) mass is 707 g/mol. The first-order valence-electron chi connectivity index (χ1n) is 17.0. The minimum atomic E-state index is -1.06. The highest BCUT2D eigenvalue weighted by Crippen LogP contribution is 2.44. The summed E-state index contributed by atoms with van der Waals surface area (Å²) >= 11 is 1.44. The first-order chi connectivity index (χ1) is 24.8. The second kappa shape index (κ2) is 16.2. The lowest BCUT2D eigenvalue weighted by Gasteiger charge is -2.33. The molecule has 3 amide bonds. The molecule has 12 nitrogen and oxygen atoms in total. The second-order valence-corrected chi connectivity index (χ2v) is 13.7. The number of benzene rings is 3. The number of rotatable bonds is 13. The third kappa shape index (κ3) is 7.92. The van der Waals surface area contributed by atoms with E-state index in [1.165, 1.54) is 23.7 Å². The zero-order valence-corrected chi connectivity index (χ0v) is 29.7. The van der Waals surface area contributed by atoms with Gasteiger partial charge in [-0.1, -0.05) is 72.7 Å². The van der Waals surface area contributed by atoms with Crippen molar-refractivity contribution in [2.24, 2.45) is 0 Å². The lowest BCUT2D eigenvalue weighted by Crippen LogP contribution is -2.58. The molecule has 6 rings (SSSR count). The largest absolute Gasteiger partial charge is 0.448 e. The molecule has 51 heavy (non-hydrogen) atoms. The number of carbonyl (C=O) groups is 3. The number of terminal acetylenes is 1. The Morgan fingerprint density at radius 3 is 2.37 bits per heavy atom. The van der Waals surface area contributed by atoms with Gasteiger partial charge in [0.1, 0.15) is 25.3 Å². The third-order valence-corrected chi connectivity index (χ3v) is 10.5. The first kappa shape index (κ1) is 35.6. The van der Waals surface area contributed by atoms with Crippen LogP contribution in [0.4, 0.5) is 4.79 Å². The Morgan fingerprint density at radius 1 is 1.02 bits per heavy atom. The molecule has 13 heteroatoms. The van der Waals surface area contributed by atoms with Gasteiger partial charge in [0, 0.05) is 24.4 Å². The molecule has 2 aliphatic rings. The van der Waals surface area contributed by atoms with Gasteiger partial charge in [0.05, 0.1) is 18.7 Å². The number of hydrogen-bond acceptors (Lipinski definition) is 9. The van der Waals surface area contributed by atoms with Crippen LogP contribution < -0.4 is 5.32 Å². The maximum absolute atomic E-state index is 14.2. The van der Waals surface area contributed by atoms with Gasteiger partial charge in [-0.3, -0.25) is 14.5 Å². The molecular formula is C38H41N7O5S. The summed E-state index contributed by atoms with van der Waals surface area (Å²) in [4.78, 5) is 45.1. The van der Waals surface area contributed by atoms with E-state index in [-0.39, 0.29) is 31.1 Å². The molecule has 1 aliphatic carbocycles. The molecule has 1 aliphatic heterocycles. The van der Waals surface area contributed by atoms with Gasteiger partial charge < -0.3 is 19.7 Å². The van der Waals surface area contributed by atoms with Crippen molar-refractivity contribution in [1.29, 1.82) is 0 Å². The SMILES string of the molecule is C#CCO[C@H](C)C(NC(=O)[C@H](C)N(C)C(=O)OCC1c2ccccc2-c2ccccc21)C(=O)N1CCC[C@H]1Cn1nnnc1Sc1ccccc1. The summed E-state index contributed by atoms with van der Waals surface area (Å²) in [7, 11) is 1.51. The summed E-state index contributed by atoms with van der Waals surface area (Å²) in [6.07, 6.45) is 5.57. The highest BCUT2D eigenvalue weighted by atomic mass is 32.2. The van der Waals surface area contributed by atoms with E-state index < -0.39 is 30.2 Å². The average molecular weight is 708 g/mol. The summed E-state index contributed by atoms with van der Waals surface area (Å²) in [5, 5.41) is 15.7. The Balaban J connectivity index is 1.10.